The van der Waals surface area contributed by atoms with Gasteiger partial charge in [0.15, 0.2) is 5.82 Å². The predicted molar refractivity (Wildman–Crippen MR) is 79.0 cm³/mol. The van der Waals surface area contributed by atoms with Crippen LogP contribution in [0, 0.1) is 5.82 Å². The van der Waals surface area contributed by atoms with E-state index in [1.165, 1.54) is 12.1 Å². The van der Waals surface area contributed by atoms with E-state index in [9.17, 15) is 4.39 Å². The molecule has 0 bridgehead atoms. The third-order valence-corrected chi connectivity index (χ3v) is 3.72. The molecule has 0 saturated heterocycles. The predicted octanol–water partition coefficient (Wildman–Crippen LogP) is 2.94. The van der Waals surface area contributed by atoms with Crippen molar-refractivity contribution < 1.29 is 4.39 Å². The molecule has 0 aliphatic rings. The SMILES string of the molecule is Cn1cnc(CCn2c(CCl)nc3cc(Cl)c(F)cc32)n1. The molecule has 0 amide bonds. The van der Waals surface area contributed by atoms with E-state index in [1.807, 2.05) is 11.6 Å². The van der Waals surface area contributed by atoms with E-state index < -0.39 is 5.82 Å². The van der Waals surface area contributed by atoms with Crippen LogP contribution in [0.4, 0.5) is 4.39 Å². The van der Waals surface area contributed by atoms with Crippen LogP contribution in [-0.4, -0.2) is 24.3 Å². The van der Waals surface area contributed by atoms with Gasteiger partial charge in [-0.15, -0.1) is 11.6 Å². The summed E-state index contributed by atoms with van der Waals surface area (Å²) in [5.74, 6) is 1.16. The van der Waals surface area contributed by atoms with Gasteiger partial charge in [0.05, 0.1) is 21.9 Å². The molecule has 21 heavy (non-hydrogen) atoms. The molecule has 2 aromatic heterocycles. The fourth-order valence-electron chi connectivity index (χ4n) is 2.23. The summed E-state index contributed by atoms with van der Waals surface area (Å²) in [5, 5.41) is 4.28. The van der Waals surface area contributed by atoms with E-state index in [4.69, 9.17) is 23.2 Å². The van der Waals surface area contributed by atoms with Gasteiger partial charge in [-0.25, -0.2) is 14.4 Å². The molecular weight excluding hydrogens is 316 g/mol. The zero-order valence-electron chi connectivity index (χ0n) is 11.2. The summed E-state index contributed by atoms with van der Waals surface area (Å²) < 4.78 is 17.2. The Labute approximate surface area is 130 Å². The van der Waals surface area contributed by atoms with Crippen molar-refractivity contribution >= 4 is 34.2 Å². The van der Waals surface area contributed by atoms with Crippen LogP contribution in [0.5, 0.6) is 0 Å². The van der Waals surface area contributed by atoms with Gasteiger partial charge in [0.1, 0.15) is 18.0 Å². The van der Waals surface area contributed by atoms with Gasteiger partial charge in [-0.3, -0.25) is 4.68 Å². The molecule has 0 fully saturated rings. The van der Waals surface area contributed by atoms with Gasteiger partial charge in [-0.1, -0.05) is 11.6 Å². The average molecular weight is 328 g/mol. The lowest BCUT2D eigenvalue weighted by Gasteiger charge is -2.06. The number of fused-ring (bicyclic) bond motifs is 1. The summed E-state index contributed by atoms with van der Waals surface area (Å²) in [6.07, 6.45) is 2.25. The number of nitrogens with zero attached hydrogens (tertiary/aromatic N) is 5. The summed E-state index contributed by atoms with van der Waals surface area (Å²) in [6, 6.07) is 2.89. The second-order valence-electron chi connectivity index (χ2n) is 4.65. The van der Waals surface area contributed by atoms with Crippen molar-refractivity contribution in [2.24, 2.45) is 7.05 Å². The number of hydrogen-bond donors (Lipinski definition) is 0. The Morgan fingerprint density at radius 1 is 1.33 bits per heavy atom. The summed E-state index contributed by atoms with van der Waals surface area (Å²) in [5.41, 5.74) is 1.30. The first kappa shape index (κ1) is 14.3. The van der Waals surface area contributed by atoms with Crippen molar-refractivity contribution in [2.75, 3.05) is 0 Å². The quantitative estimate of drug-likeness (QED) is 0.692. The number of aryl methyl sites for hydroxylation is 3. The van der Waals surface area contributed by atoms with E-state index in [-0.39, 0.29) is 10.9 Å². The van der Waals surface area contributed by atoms with Crippen LogP contribution < -0.4 is 0 Å². The summed E-state index contributed by atoms with van der Waals surface area (Å²) in [4.78, 5) is 8.56. The molecule has 0 radical (unpaired) electrons. The van der Waals surface area contributed by atoms with Crippen LogP contribution in [0.15, 0.2) is 18.5 Å². The Bertz CT molecular complexity index is 795. The van der Waals surface area contributed by atoms with E-state index in [0.717, 1.165) is 0 Å². The zero-order chi connectivity index (χ0) is 15.0. The van der Waals surface area contributed by atoms with Crippen molar-refractivity contribution in [1.29, 1.82) is 0 Å². The lowest BCUT2D eigenvalue weighted by molar-refractivity contribution is 0.625. The maximum Gasteiger partial charge on any atom is 0.152 e. The monoisotopic (exact) mass is 327 g/mol. The lowest BCUT2D eigenvalue weighted by atomic mass is 10.3. The van der Waals surface area contributed by atoms with Crippen molar-refractivity contribution in [1.82, 2.24) is 24.3 Å². The van der Waals surface area contributed by atoms with Gasteiger partial charge in [-0.05, 0) is 6.07 Å². The fourth-order valence-corrected chi connectivity index (χ4v) is 2.59. The second-order valence-corrected chi connectivity index (χ2v) is 5.33. The Hall–Kier alpha value is -1.66. The first-order chi connectivity index (χ1) is 10.1. The van der Waals surface area contributed by atoms with Crippen molar-refractivity contribution in [3.05, 3.63) is 40.9 Å². The Balaban J connectivity index is 1.97. The van der Waals surface area contributed by atoms with Crippen molar-refractivity contribution in [2.45, 2.75) is 18.8 Å². The number of hydrogen-bond acceptors (Lipinski definition) is 3. The van der Waals surface area contributed by atoms with Gasteiger partial charge < -0.3 is 4.57 Å². The van der Waals surface area contributed by atoms with E-state index in [0.29, 0.717) is 35.6 Å². The number of rotatable bonds is 4. The third kappa shape index (κ3) is 2.73. The standard InChI is InChI=1S/C13H12Cl2FN5/c1-20-7-17-12(19-20)2-3-21-11-5-9(16)8(15)4-10(11)18-13(21)6-14/h4-5,7H,2-3,6H2,1H3. The summed E-state index contributed by atoms with van der Waals surface area (Å²) in [6.45, 7) is 0.573. The number of imidazole rings is 1. The minimum absolute atomic E-state index is 0.0552. The molecule has 3 aromatic rings. The molecule has 0 saturated carbocycles. The molecule has 0 atom stereocenters. The van der Waals surface area contributed by atoms with Crippen molar-refractivity contribution in [3.63, 3.8) is 0 Å². The first-order valence-corrected chi connectivity index (χ1v) is 7.24. The molecule has 0 spiro atoms. The average Bonchev–Trinajstić information content (AvgIpc) is 3.01. The molecular formula is C13H12Cl2FN5. The largest absolute Gasteiger partial charge is 0.326 e. The molecule has 110 valence electrons. The minimum Gasteiger partial charge on any atom is -0.326 e. The van der Waals surface area contributed by atoms with Crippen LogP contribution in [0.25, 0.3) is 11.0 Å². The molecule has 8 heteroatoms. The van der Waals surface area contributed by atoms with Crippen LogP contribution >= 0.6 is 23.2 Å². The maximum absolute atomic E-state index is 13.7. The molecule has 0 aliphatic heterocycles. The Morgan fingerprint density at radius 3 is 2.81 bits per heavy atom. The van der Waals surface area contributed by atoms with Crippen molar-refractivity contribution in [3.8, 4) is 0 Å². The molecule has 3 rings (SSSR count). The Morgan fingerprint density at radius 2 is 2.14 bits per heavy atom. The molecule has 1 aromatic carbocycles. The highest BCUT2D eigenvalue weighted by Gasteiger charge is 2.13. The lowest BCUT2D eigenvalue weighted by Crippen LogP contribution is -2.06. The van der Waals surface area contributed by atoms with E-state index >= 15 is 0 Å². The number of halogens is 3. The zero-order valence-corrected chi connectivity index (χ0v) is 12.7. The van der Waals surface area contributed by atoms with Crippen LogP contribution in [0.3, 0.4) is 0 Å². The van der Waals surface area contributed by atoms with Gasteiger partial charge in [-0.2, -0.15) is 5.10 Å². The molecule has 0 N–H and O–H groups in total. The van der Waals surface area contributed by atoms with Gasteiger partial charge >= 0.3 is 0 Å². The highest BCUT2D eigenvalue weighted by atomic mass is 35.5. The summed E-state index contributed by atoms with van der Waals surface area (Å²) in [7, 11) is 1.81. The summed E-state index contributed by atoms with van der Waals surface area (Å²) >= 11 is 11.7. The fraction of sp³-hybridized carbons (Fsp3) is 0.308. The third-order valence-electron chi connectivity index (χ3n) is 3.19. The number of aromatic nitrogens is 5. The molecule has 2 heterocycles. The first-order valence-electron chi connectivity index (χ1n) is 6.33. The Kier molecular flexibility index (Phi) is 3.82. The van der Waals surface area contributed by atoms with E-state index in [2.05, 4.69) is 15.1 Å². The molecule has 0 aliphatic carbocycles. The molecule has 5 nitrogen and oxygen atoms in total. The maximum atomic E-state index is 13.7. The highest BCUT2D eigenvalue weighted by Crippen LogP contribution is 2.24. The topological polar surface area (TPSA) is 48.5 Å². The van der Waals surface area contributed by atoms with Crippen LogP contribution in [0.1, 0.15) is 11.6 Å². The normalized spacial score (nSPS) is 11.4. The van der Waals surface area contributed by atoms with Gasteiger partial charge in [0.25, 0.3) is 0 Å². The van der Waals surface area contributed by atoms with Gasteiger partial charge in [0, 0.05) is 26.1 Å². The number of alkyl halides is 1. The smallest absolute Gasteiger partial charge is 0.152 e. The minimum atomic E-state index is -0.470. The number of benzene rings is 1. The van der Waals surface area contributed by atoms with Gasteiger partial charge in [0.2, 0.25) is 0 Å². The second kappa shape index (κ2) is 5.61. The van der Waals surface area contributed by atoms with Crippen LogP contribution in [0.2, 0.25) is 5.02 Å². The highest BCUT2D eigenvalue weighted by molar-refractivity contribution is 6.31. The van der Waals surface area contributed by atoms with Crippen LogP contribution in [-0.2, 0) is 25.9 Å². The molecule has 0 unspecified atom stereocenters. The van der Waals surface area contributed by atoms with E-state index in [1.54, 1.807) is 11.0 Å².